The molecule has 2 aromatic rings. The van der Waals surface area contributed by atoms with Crippen molar-refractivity contribution in [3.8, 4) is 0 Å². The predicted octanol–water partition coefficient (Wildman–Crippen LogP) is 3.50. The van der Waals surface area contributed by atoms with Crippen LogP contribution in [0.2, 0.25) is 10.0 Å². The van der Waals surface area contributed by atoms with Crippen molar-refractivity contribution >= 4 is 23.2 Å². The largest absolute Gasteiger partial charge is 0.271 e. The number of rotatable bonds is 4. The minimum Gasteiger partial charge on any atom is -0.271 e. The van der Waals surface area contributed by atoms with Gasteiger partial charge in [-0.1, -0.05) is 42.3 Å². The average Bonchev–Trinajstić information content (AvgIpc) is 2.44. The summed E-state index contributed by atoms with van der Waals surface area (Å²) in [5.74, 6) is 5.68. The Balaban J connectivity index is 2.46. The molecule has 0 bridgehead atoms. The lowest BCUT2D eigenvalue weighted by atomic mass is 9.99. The highest BCUT2D eigenvalue weighted by molar-refractivity contribution is 6.42. The molecule has 5 heteroatoms. The molecule has 100 valence electrons. The standard InChI is InChI=1S/C14H15Cl2N3/c1-2-9-4-3-7-18-13(9)14(19-17)10-5-6-11(15)12(16)8-10/h3-8,14,19H,2,17H2,1H3. The van der Waals surface area contributed by atoms with Crippen molar-refractivity contribution in [2.24, 2.45) is 5.84 Å². The lowest BCUT2D eigenvalue weighted by Crippen LogP contribution is -2.30. The van der Waals surface area contributed by atoms with E-state index in [0.717, 1.165) is 23.2 Å². The van der Waals surface area contributed by atoms with Crippen LogP contribution in [-0.2, 0) is 6.42 Å². The van der Waals surface area contributed by atoms with Crippen LogP contribution in [0.5, 0.6) is 0 Å². The van der Waals surface area contributed by atoms with Gasteiger partial charge in [-0.3, -0.25) is 10.8 Å². The van der Waals surface area contributed by atoms with E-state index >= 15 is 0 Å². The highest BCUT2D eigenvalue weighted by Crippen LogP contribution is 2.29. The number of aromatic nitrogens is 1. The van der Waals surface area contributed by atoms with E-state index < -0.39 is 0 Å². The van der Waals surface area contributed by atoms with E-state index in [0.29, 0.717) is 10.0 Å². The summed E-state index contributed by atoms with van der Waals surface area (Å²) in [6.07, 6.45) is 2.65. The molecule has 0 saturated heterocycles. The quantitative estimate of drug-likeness (QED) is 0.670. The topological polar surface area (TPSA) is 50.9 Å². The number of nitrogens with zero attached hydrogens (tertiary/aromatic N) is 1. The third-order valence-electron chi connectivity index (χ3n) is 3.02. The Hall–Kier alpha value is -1.13. The number of hydrazine groups is 1. The summed E-state index contributed by atoms with van der Waals surface area (Å²) in [5, 5.41) is 1.03. The second kappa shape index (κ2) is 6.35. The molecule has 3 nitrogen and oxygen atoms in total. The molecule has 0 spiro atoms. The maximum Gasteiger partial charge on any atom is 0.0884 e. The van der Waals surface area contributed by atoms with Crippen molar-refractivity contribution in [3.63, 3.8) is 0 Å². The second-order valence-electron chi connectivity index (χ2n) is 4.17. The number of nitrogens with one attached hydrogen (secondary N) is 1. The highest BCUT2D eigenvalue weighted by Gasteiger charge is 2.17. The fourth-order valence-electron chi connectivity index (χ4n) is 2.03. The summed E-state index contributed by atoms with van der Waals surface area (Å²) in [7, 11) is 0. The molecule has 3 N–H and O–H groups in total. The Morgan fingerprint density at radius 3 is 2.68 bits per heavy atom. The molecular weight excluding hydrogens is 281 g/mol. The van der Waals surface area contributed by atoms with Crippen LogP contribution in [0, 0.1) is 0 Å². The fourth-order valence-corrected chi connectivity index (χ4v) is 2.34. The normalized spacial score (nSPS) is 12.4. The van der Waals surface area contributed by atoms with Crippen LogP contribution in [0.25, 0.3) is 0 Å². The van der Waals surface area contributed by atoms with Gasteiger partial charge in [-0.2, -0.15) is 0 Å². The van der Waals surface area contributed by atoms with Crippen LogP contribution in [0.15, 0.2) is 36.5 Å². The van der Waals surface area contributed by atoms with E-state index in [1.54, 1.807) is 12.3 Å². The molecule has 0 aliphatic carbocycles. The molecule has 2 rings (SSSR count). The number of benzene rings is 1. The maximum atomic E-state index is 6.06. The summed E-state index contributed by atoms with van der Waals surface area (Å²) in [6, 6.07) is 9.23. The monoisotopic (exact) mass is 295 g/mol. The van der Waals surface area contributed by atoms with Crippen molar-refractivity contribution in [2.75, 3.05) is 0 Å². The summed E-state index contributed by atoms with van der Waals surface area (Å²) in [5.41, 5.74) is 5.79. The lowest BCUT2D eigenvalue weighted by Gasteiger charge is -2.19. The van der Waals surface area contributed by atoms with Crippen molar-refractivity contribution in [3.05, 3.63) is 63.4 Å². The molecule has 19 heavy (non-hydrogen) atoms. The molecule has 0 aliphatic rings. The van der Waals surface area contributed by atoms with Crippen molar-refractivity contribution in [2.45, 2.75) is 19.4 Å². The number of aryl methyl sites for hydroxylation is 1. The second-order valence-corrected chi connectivity index (χ2v) is 4.99. The van der Waals surface area contributed by atoms with Crippen molar-refractivity contribution in [1.82, 2.24) is 10.4 Å². The van der Waals surface area contributed by atoms with Gasteiger partial charge < -0.3 is 0 Å². The summed E-state index contributed by atoms with van der Waals surface area (Å²) in [4.78, 5) is 4.43. The number of hydrogen-bond acceptors (Lipinski definition) is 3. The minimum absolute atomic E-state index is 0.203. The van der Waals surface area contributed by atoms with Crippen LogP contribution in [0.3, 0.4) is 0 Å². The van der Waals surface area contributed by atoms with Gasteiger partial charge in [-0.15, -0.1) is 0 Å². The molecular formula is C14H15Cl2N3. The first-order chi connectivity index (χ1) is 9.17. The maximum absolute atomic E-state index is 6.06. The van der Waals surface area contributed by atoms with Gasteiger partial charge in [-0.05, 0) is 35.7 Å². The first-order valence-corrected chi connectivity index (χ1v) is 6.77. The van der Waals surface area contributed by atoms with Gasteiger partial charge >= 0.3 is 0 Å². The summed E-state index contributed by atoms with van der Waals surface area (Å²) in [6.45, 7) is 2.09. The molecule has 1 aromatic heterocycles. The Morgan fingerprint density at radius 1 is 1.26 bits per heavy atom. The number of halogens is 2. The van der Waals surface area contributed by atoms with Crippen molar-refractivity contribution in [1.29, 1.82) is 0 Å². The number of pyridine rings is 1. The first kappa shape index (κ1) is 14.3. The predicted molar refractivity (Wildman–Crippen MR) is 79.2 cm³/mol. The van der Waals surface area contributed by atoms with E-state index in [2.05, 4.69) is 17.3 Å². The fraction of sp³-hybridized carbons (Fsp3) is 0.214. The van der Waals surface area contributed by atoms with Gasteiger partial charge in [0, 0.05) is 6.20 Å². The van der Waals surface area contributed by atoms with Crippen LogP contribution < -0.4 is 11.3 Å². The Kier molecular flexibility index (Phi) is 4.77. The zero-order chi connectivity index (χ0) is 13.8. The van der Waals surface area contributed by atoms with Gasteiger partial charge in [0.25, 0.3) is 0 Å². The lowest BCUT2D eigenvalue weighted by molar-refractivity contribution is 0.614. The molecule has 0 fully saturated rings. The average molecular weight is 296 g/mol. The Bertz CT molecular complexity index is 572. The highest BCUT2D eigenvalue weighted by atomic mass is 35.5. The zero-order valence-corrected chi connectivity index (χ0v) is 12.0. The molecule has 0 aliphatic heterocycles. The van der Waals surface area contributed by atoms with E-state index in [1.165, 1.54) is 0 Å². The Morgan fingerprint density at radius 2 is 2.05 bits per heavy atom. The third-order valence-corrected chi connectivity index (χ3v) is 3.76. The van der Waals surface area contributed by atoms with E-state index in [1.807, 2.05) is 24.3 Å². The number of hydrogen-bond donors (Lipinski definition) is 2. The van der Waals surface area contributed by atoms with Gasteiger partial charge in [0.1, 0.15) is 0 Å². The van der Waals surface area contributed by atoms with Gasteiger partial charge in [0.2, 0.25) is 0 Å². The van der Waals surface area contributed by atoms with Gasteiger partial charge in [0.15, 0.2) is 0 Å². The summed E-state index contributed by atoms with van der Waals surface area (Å²) < 4.78 is 0. The molecule has 0 amide bonds. The zero-order valence-electron chi connectivity index (χ0n) is 10.5. The molecule has 0 radical (unpaired) electrons. The number of nitrogens with two attached hydrogens (primary N) is 1. The molecule has 1 heterocycles. The van der Waals surface area contributed by atoms with E-state index in [4.69, 9.17) is 29.0 Å². The van der Waals surface area contributed by atoms with Crippen LogP contribution >= 0.6 is 23.2 Å². The molecule has 1 unspecified atom stereocenters. The first-order valence-electron chi connectivity index (χ1n) is 6.02. The molecule has 0 saturated carbocycles. The summed E-state index contributed by atoms with van der Waals surface area (Å²) >= 11 is 12.0. The minimum atomic E-state index is -0.203. The van der Waals surface area contributed by atoms with Gasteiger partial charge in [0.05, 0.1) is 21.8 Å². The van der Waals surface area contributed by atoms with Crippen molar-refractivity contribution < 1.29 is 0 Å². The van der Waals surface area contributed by atoms with Gasteiger partial charge in [-0.25, -0.2) is 5.43 Å². The third kappa shape index (κ3) is 3.07. The van der Waals surface area contributed by atoms with Crippen LogP contribution in [0.4, 0.5) is 0 Å². The van der Waals surface area contributed by atoms with E-state index in [-0.39, 0.29) is 6.04 Å². The Labute approximate surface area is 122 Å². The SMILES string of the molecule is CCc1cccnc1C(NN)c1ccc(Cl)c(Cl)c1. The van der Waals surface area contributed by atoms with Crippen LogP contribution in [0.1, 0.15) is 29.8 Å². The van der Waals surface area contributed by atoms with Crippen LogP contribution in [-0.4, -0.2) is 4.98 Å². The smallest absolute Gasteiger partial charge is 0.0884 e. The molecule has 1 aromatic carbocycles. The molecule has 1 atom stereocenters. The van der Waals surface area contributed by atoms with E-state index in [9.17, 15) is 0 Å².